The van der Waals surface area contributed by atoms with Gasteiger partial charge in [-0.25, -0.2) is 4.79 Å². The second-order valence-corrected chi connectivity index (χ2v) is 5.63. The van der Waals surface area contributed by atoms with E-state index in [0.717, 1.165) is 0 Å². The molecule has 2 rings (SSSR count). The number of hydrazine groups is 2. The lowest BCUT2D eigenvalue weighted by molar-refractivity contribution is -0.143. The molecule has 23 heavy (non-hydrogen) atoms. The number of rotatable bonds is 8. The van der Waals surface area contributed by atoms with Crippen LogP contribution < -0.4 is 26.4 Å². The molecule has 0 aromatic heterocycles. The average Bonchev–Trinajstić information content (AvgIpc) is 3.29. The molecule has 0 heterocycles. The largest absolute Gasteiger partial charge is 0.492 e. The second-order valence-electron chi connectivity index (χ2n) is 5.22. The van der Waals surface area contributed by atoms with Crippen molar-refractivity contribution in [2.24, 2.45) is 5.41 Å². The summed E-state index contributed by atoms with van der Waals surface area (Å²) in [6.07, 6.45) is 1.16. The van der Waals surface area contributed by atoms with E-state index in [1.165, 1.54) is 0 Å². The molecule has 2 amide bonds. The number of carbonyl (C=O) groups excluding carboxylic acids is 1. The summed E-state index contributed by atoms with van der Waals surface area (Å²) in [5, 5.41) is 12.0. The Bertz CT molecular complexity index is 592. The molecule has 5 N–H and O–H groups in total. The van der Waals surface area contributed by atoms with E-state index in [2.05, 4.69) is 21.7 Å². The number of hydrogen-bond acceptors (Lipinski definition) is 5. The zero-order valence-corrected chi connectivity index (χ0v) is 13.4. The fraction of sp³-hybridized carbons (Fsp3) is 0.429. The third kappa shape index (κ3) is 4.64. The number of hydrogen-bond donors (Lipinski definition) is 5. The maximum atomic E-state index is 11.6. The van der Waals surface area contributed by atoms with E-state index < -0.39 is 17.4 Å². The number of benzene rings is 1. The monoisotopic (exact) mass is 342 g/mol. The van der Waals surface area contributed by atoms with Crippen LogP contribution in [0.1, 0.15) is 19.8 Å². The van der Waals surface area contributed by atoms with Gasteiger partial charge in [0.15, 0.2) is 0 Å². The molecular formula is C14H19ClN4O4. The number of urea groups is 1. The maximum absolute atomic E-state index is 11.6. The summed E-state index contributed by atoms with van der Waals surface area (Å²) in [6, 6.07) is 4.55. The van der Waals surface area contributed by atoms with Crippen LogP contribution in [0.15, 0.2) is 18.2 Å². The Morgan fingerprint density at radius 2 is 2.13 bits per heavy atom. The van der Waals surface area contributed by atoms with Gasteiger partial charge in [0.2, 0.25) is 0 Å². The van der Waals surface area contributed by atoms with Crippen molar-refractivity contribution in [2.45, 2.75) is 19.8 Å². The van der Waals surface area contributed by atoms with Gasteiger partial charge in [-0.2, -0.15) is 0 Å². The van der Waals surface area contributed by atoms with Crippen LogP contribution in [0.3, 0.4) is 0 Å². The van der Waals surface area contributed by atoms with E-state index in [1.54, 1.807) is 18.2 Å². The van der Waals surface area contributed by atoms with Crippen molar-refractivity contribution in [1.29, 1.82) is 0 Å². The lowest BCUT2D eigenvalue weighted by atomic mass is 10.1. The number of carboxylic acids is 1. The van der Waals surface area contributed by atoms with E-state index in [-0.39, 0.29) is 6.54 Å². The fourth-order valence-electron chi connectivity index (χ4n) is 1.92. The van der Waals surface area contributed by atoms with Crippen LogP contribution in [-0.4, -0.2) is 30.3 Å². The van der Waals surface area contributed by atoms with Crippen LogP contribution in [0.5, 0.6) is 5.75 Å². The van der Waals surface area contributed by atoms with E-state index in [9.17, 15) is 9.59 Å². The first-order chi connectivity index (χ1) is 11.0. The third-order valence-corrected chi connectivity index (χ3v) is 3.80. The van der Waals surface area contributed by atoms with Crippen LogP contribution in [0.2, 0.25) is 5.02 Å². The van der Waals surface area contributed by atoms with E-state index >= 15 is 0 Å². The zero-order valence-electron chi connectivity index (χ0n) is 12.6. The van der Waals surface area contributed by atoms with E-state index in [0.29, 0.717) is 35.9 Å². The van der Waals surface area contributed by atoms with Crippen molar-refractivity contribution in [3.8, 4) is 5.75 Å². The molecule has 0 bridgehead atoms. The summed E-state index contributed by atoms with van der Waals surface area (Å²) >= 11 is 6.04. The molecule has 0 unspecified atom stereocenters. The minimum Gasteiger partial charge on any atom is -0.492 e. The minimum absolute atomic E-state index is 0.102. The van der Waals surface area contributed by atoms with Crippen molar-refractivity contribution >= 4 is 29.3 Å². The number of amides is 2. The molecule has 0 radical (unpaired) electrons. The highest BCUT2D eigenvalue weighted by Gasteiger charge is 2.50. The third-order valence-electron chi connectivity index (χ3n) is 3.51. The van der Waals surface area contributed by atoms with Gasteiger partial charge >= 0.3 is 12.0 Å². The molecular weight excluding hydrogens is 324 g/mol. The van der Waals surface area contributed by atoms with Crippen LogP contribution in [0, 0.1) is 5.41 Å². The van der Waals surface area contributed by atoms with Crippen molar-refractivity contribution in [2.75, 3.05) is 18.6 Å². The van der Waals surface area contributed by atoms with Gasteiger partial charge in [-0.3, -0.25) is 10.2 Å². The van der Waals surface area contributed by atoms with Crippen molar-refractivity contribution in [3.63, 3.8) is 0 Å². The summed E-state index contributed by atoms with van der Waals surface area (Å²) in [4.78, 5) is 22.6. The summed E-state index contributed by atoms with van der Waals surface area (Å²) in [5.74, 6) is -0.304. The highest BCUT2D eigenvalue weighted by molar-refractivity contribution is 6.32. The molecule has 1 saturated carbocycles. The summed E-state index contributed by atoms with van der Waals surface area (Å²) in [7, 11) is 0. The molecule has 0 saturated heterocycles. The first-order valence-electron chi connectivity index (χ1n) is 7.17. The Morgan fingerprint density at radius 3 is 2.70 bits per heavy atom. The number of anilines is 1. The standard InChI is InChI=1S/C14H19ClN4O4/c1-2-23-11-4-3-9(7-10(11)15)17-19-18-13(22)16-8-14(5-6-14)12(20)21/h3-4,7,17,19H,2,5-6,8H2,1H3,(H,20,21)(H2,16,18,22). The van der Waals surface area contributed by atoms with Gasteiger partial charge in [0.05, 0.1) is 22.7 Å². The van der Waals surface area contributed by atoms with Crippen LogP contribution >= 0.6 is 11.6 Å². The second kappa shape index (κ2) is 7.38. The number of aliphatic carboxylic acids is 1. The Hall–Kier alpha value is -2.19. The van der Waals surface area contributed by atoms with E-state index in [1.807, 2.05) is 6.92 Å². The number of carboxylic acid groups (broad SMARTS) is 1. The first-order valence-corrected chi connectivity index (χ1v) is 7.55. The smallest absolute Gasteiger partial charge is 0.330 e. The van der Waals surface area contributed by atoms with Crippen molar-refractivity contribution in [1.82, 2.24) is 16.3 Å². The molecule has 1 aromatic rings. The van der Waals surface area contributed by atoms with Crippen LogP contribution in [-0.2, 0) is 4.79 Å². The summed E-state index contributed by atoms with van der Waals surface area (Å²) < 4.78 is 5.32. The SMILES string of the molecule is CCOc1ccc(NNNC(=O)NCC2(C(=O)O)CC2)cc1Cl. The number of ether oxygens (including phenoxy) is 1. The highest BCUT2D eigenvalue weighted by atomic mass is 35.5. The zero-order chi connectivity index (χ0) is 16.9. The van der Waals surface area contributed by atoms with Gasteiger partial charge in [-0.05, 0) is 38.0 Å². The van der Waals surface area contributed by atoms with Crippen LogP contribution in [0.4, 0.5) is 10.5 Å². The lowest BCUT2D eigenvalue weighted by Gasteiger charge is -2.14. The molecule has 8 nitrogen and oxygen atoms in total. The van der Waals surface area contributed by atoms with Gasteiger partial charge in [0.1, 0.15) is 5.75 Å². The Kier molecular flexibility index (Phi) is 5.51. The summed E-state index contributed by atoms with van der Waals surface area (Å²) in [5.41, 5.74) is 7.43. The predicted octanol–water partition coefficient (Wildman–Crippen LogP) is 1.73. The van der Waals surface area contributed by atoms with Gasteiger partial charge in [0.25, 0.3) is 0 Å². The lowest BCUT2D eigenvalue weighted by Crippen LogP contribution is -2.48. The molecule has 1 aromatic carbocycles. The maximum Gasteiger partial charge on any atom is 0.330 e. The molecule has 0 spiro atoms. The average molecular weight is 343 g/mol. The molecule has 1 fully saturated rings. The summed E-state index contributed by atoms with van der Waals surface area (Å²) in [6.45, 7) is 2.48. The first kappa shape index (κ1) is 17.2. The number of halogens is 1. The Labute approximate surface area is 138 Å². The van der Waals surface area contributed by atoms with Crippen molar-refractivity contribution in [3.05, 3.63) is 23.2 Å². The highest BCUT2D eigenvalue weighted by Crippen LogP contribution is 2.45. The van der Waals surface area contributed by atoms with E-state index in [4.69, 9.17) is 21.4 Å². The van der Waals surface area contributed by atoms with Gasteiger partial charge < -0.3 is 20.6 Å². The normalized spacial score (nSPS) is 14.7. The minimum atomic E-state index is -0.882. The molecule has 1 aliphatic rings. The topological polar surface area (TPSA) is 112 Å². The molecule has 1 aliphatic carbocycles. The number of carbonyl (C=O) groups is 2. The predicted molar refractivity (Wildman–Crippen MR) is 85.2 cm³/mol. The van der Waals surface area contributed by atoms with Gasteiger partial charge in [-0.15, -0.1) is 5.53 Å². The van der Waals surface area contributed by atoms with Gasteiger partial charge in [-0.1, -0.05) is 11.6 Å². The number of nitrogens with one attached hydrogen (secondary N) is 4. The molecule has 0 atom stereocenters. The molecule has 0 aliphatic heterocycles. The Balaban J connectivity index is 1.71. The van der Waals surface area contributed by atoms with Gasteiger partial charge in [0, 0.05) is 6.54 Å². The Morgan fingerprint density at radius 1 is 1.39 bits per heavy atom. The molecule has 9 heteroatoms. The quantitative estimate of drug-likeness (QED) is 0.460. The molecule has 126 valence electrons. The fourth-order valence-corrected chi connectivity index (χ4v) is 2.16. The van der Waals surface area contributed by atoms with Crippen LogP contribution in [0.25, 0.3) is 0 Å². The van der Waals surface area contributed by atoms with Crippen molar-refractivity contribution < 1.29 is 19.4 Å².